The first-order valence-corrected chi connectivity index (χ1v) is 6.75. The number of tetrazole rings is 1. The predicted octanol–water partition coefficient (Wildman–Crippen LogP) is 3.70. The Balaban J connectivity index is 1.88. The molecule has 1 aromatic heterocycles. The minimum Gasteiger partial charge on any atom is -0.159 e. The first kappa shape index (κ1) is 13.1. The van der Waals surface area contributed by atoms with Crippen LogP contribution in [0.25, 0.3) is 11.4 Å². The molecule has 0 aliphatic heterocycles. The Morgan fingerprint density at radius 3 is 2.60 bits per heavy atom. The van der Waals surface area contributed by atoms with E-state index >= 15 is 0 Å². The molecule has 0 aliphatic carbocycles. The molecule has 100 valence electrons. The molecule has 0 amide bonds. The molecule has 4 nitrogen and oxygen atoms in total. The van der Waals surface area contributed by atoms with Gasteiger partial charge in [-0.05, 0) is 29.0 Å². The van der Waals surface area contributed by atoms with Crippen LogP contribution in [0.1, 0.15) is 5.56 Å². The number of hydrogen-bond acceptors (Lipinski definition) is 3. The summed E-state index contributed by atoms with van der Waals surface area (Å²) >= 11 is 12.1. The molecule has 1 heterocycles. The van der Waals surface area contributed by atoms with Gasteiger partial charge in [0.25, 0.3) is 0 Å². The molecule has 20 heavy (non-hydrogen) atoms. The zero-order valence-electron chi connectivity index (χ0n) is 10.4. The molecule has 0 bridgehead atoms. The van der Waals surface area contributed by atoms with Gasteiger partial charge in [-0.25, -0.2) is 0 Å². The molecule has 0 N–H and O–H groups in total. The van der Waals surface area contributed by atoms with Crippen molar-refractivity contribution >= 4 is 23.2 Å². The molecule has 0 saturated heterocycles. The minimum atomic E-state index is 0.466. The van der Waals surface area contributed by atoms with Crippen molar-refractivity contribution in [3.8, 4) is 11.4 Å². The second-order valence-corrected chi connectivity index (χ2v) is 5.10. The van der Waals surface area contributed by atoms with Gasteiger partial charge >= 0.3 is 0 Å². The third-order valence-electron chi connectivity index (χ3n) is 2.79. The molecule has 3 aromatic rings. The molecule has 2 aromatic carbocycles. The molecule has 0 atom stereocenters. The highest BCUT2D eigenvalue weighted by Gasteiger charge is 2.10. The number of aromatic nitrogens is 4. The first-order chi connectivity index (χ1) is 9.72. The lowest BCUT2D eigenvalue weighted by atomic mass is 10.2. The van der Waals surface area contributed by atoms with Crippen LogP contribution in [0.4, 0.5) is 0 Å². The molecule has 6 heteroatoms. The Kier molecular flexibility index (Phi) is 3.67. The molecule has 0 radical (unpaired) electrons. The van der Waals surface area contributed by atoms with E-state index in [0.717, 1.165) is 5.56 Å². The number of rotatable bonds is 3. The SMILES string of the molecule is Clc1ccc(Cl)c(-c2nnn(Cc3ccccc3)n2)c1. The predicted molar refractivity (Wildman–Crippen MR) is 78.8 cm³/mol. The van der Waals surface area contributed by atoms with Crippen LogP contribution in [0.15, 0.2) is 48.5 Å². The average Bonchev–Trinajstić information content (AvgIpc) is 2.91. The zero-order chi connectivity index (χ0) is 13.9. The Hall–Kier alpha value is -1.91. The standard InChI is InChI=1S/C14H10Cl2N4/c15-11-6-7-13(16)12(8-11)14-17-19-20(18-14)9-10-4-2-1-3-5-10/h1-8H,9H2. The van der Waals surface area contributed by atoms with E-state index in [9.17, 15) is 0 Å². The van der Waals surface area contributed by atoms with Gasteiger partial charge < -0.3 is 0 Å². The quantitative estimate of drug-likeness (QED) is 0.741. The van der Waals surface area contributed by atoms with Gasteiger partial charge in [0.2, 0.25) is 5.82 Å². The Bertz CT molecular complexity index is 725. The molecule has 0 fully saturated rings. The van der Waals surface area contributed by atoms with E-state index in [1.165, 1.54) is 4.80 Å². The van der Waals surface area contributed by atoms with E-state index in [4.69, 9.17) is 23.2 Å². The second kappa shape index (κ2) is 5.61. The smallest absolute Gasteiger partial charge is 0.159 e. The van der Waals surface area contributed by atoms with Crippen molar-refractivity contribution in [3.05, 3.63) is 64.1 Å². The first-order valence-electron chi connectivity index (χ1n) is 5.99. The molecule has 0 saturated carbocycles. The Labute approximate surface area is 126 Å². The van der Waals surface area contributed by atoms with Crippen molar-refractivity contribution in [3.63, 3.8) is 0 Å². The highest BCUT2D eigenvalue weighted by molar-refractivity contribution is 6.35. The number of halogens is 2. The fourth-order valence-electron chi connectivity index (χ4n) is 1.83. The van der Waals surface area contributed by atoms with E-state index in [1.807, 2.05) is 30.3 Å². The lowest BCUT2D eigenvalue weighted by Gasteiger charge is -2.00. The maximum absolute atomic E-state index is 6.12. The van der Waals surface area contributed by atoms with Crippen molar-refractivity contribution in [2.45, 2.75) is 6.54 Å². The second-order valence-electron chi connectivity index (χ2n) is 4.25. The van der Waals surface area contributed by atoms with E-state index in [0.29, 0.717) is 28.0 Å². The van der Waals surface area contributed by atoms with Gasteiger partial charge in [0.15, 0.2) is 0 Å². The topological polar surface area (TPSA) is 43.6 Å². The van der Waals surface area contributed by atoms with Crippen LogP contribution in [-0.2, 0) is 6.54 Å². The monoisotopic (exact) mass is 304 g/mol. The summed E-state index contributed by atoms with van der Waals surface area (Å²) in [6.07, 6.45) is 0. The molecule has 0 unspecified atom stereocenters. The van der Waals surface area contributed by atoms with Crippen LogP contribution in [0.3, 0.4) is 0 Å². The van der Waals surface area contributed by atoms with Crippen molar-refractivity contribution in [2.24, 2.45) is 0 Å². The largest absolute Gasteiger partial charge is 0.206 e. The van der Waals surface area contributed by atoms with Gasteiger partial charge in [-0.1, -0.05) is 53.5 Å². The van der Waals surface area contributed by atoms with Gasteiger partial charge in [-0.2, -0.15) is 4.80 Å². The fraction of sp³-hybridized carbons (Fsp3) is 0.0714. The third-order valence-corrected chi connectivity index (χ3v) is 3.35. The molecular weight excluding hydrogens is 295 g/mol. The molecule has 0 spiro atoms. The summed E-state index contributed by atoms with van der Waals surface area (Å²) in [5.74, 6) is 0.466. The third kappa shape index (κ3) is 2.81. The average molecular weight is 305 g/mol. The van der Waals surface area contributed by atoms with Crippen LogP contribution in [0.2, 0.25) is 10.0 Å². The summed E-state index contributed by atoms with van der Waals surface area (Å²) in [5, 5.41) is 13.5. The summed E-state index contributed by atoms with van der Waals surface area (Å²) in [5.41, 5.74) is 1.78. The van der Waals surface area contributed by atoms with Gasteiger partial charge in [0, 0.05) is 10.6 Å². The zero-order valence-corrected chi connectivity index (χ0v) is 11.9. The maximum atomic E-state index is 6.12. The highest BCUT2D eigenvalue weighted by Crippen LogP contribution is 2.27. The molecular formula is C14H10Cl2N4. The van der Waals surface area contributed by atoms with Crippen LogP contribution in [0, 0.1) is 0 Å². The minimum absolute atomic E-state index is 0.466. The van der Waals surface area contributed by atoms with Crippen LogP contribution < -0.4 is 0 Å². The van der Waals surface area contributed by atoms with E-state index in [1.54, 1.807) is 18.2 Å². The van der Waals surface area contributed by atoms with E-state index in [2.05, 4.69) is 15.4 Å². The lowest BCUT2D eigenvalue weighted by Crippen LogP contribution is -2.03. The summed E-state index contributed by atoms with van der Waals surface area (Å²) in [7, 11) is 0. The van der Waals surface area contributed by atoms with Crippen molar-refractivity contribution in [2.75, 3.05) is 0 Å². The molecule has 3 rings (SSSR count). The number of nitrogens with zero attached hydrogens (tertiary/aromatic N) is 4. The molecule has 0 aliphatic rings. The maximum Gasteiger partial charge on any atom is 0.206 e. The van der Waals surface area contributed by atoms with Crippen LogP contribution in [0.5, 0.6) is 0 Å². The van der Waals surface area contributed by atoms with Crippen LogP contribution >= 0.6 is 23.2 Å². The highest BCUT2D eigenvalue weighted by atomic mass is 35.5. The fourth-order valence-corrected chi connectivity index (χ4v) is 2.21. The summed E-state index contributed by atoms with van der Waals surface area (Å²) in [4.78, 5) is 1.53. The van der Waals surface area contributed by atoms with Gasteiger partial charge in [-0.15, -0.1) is 10.2 Å². The summed E-state index contributed by atoms with van der Waals surface area (Å²) < 4.78 is 0. The number of benzene rings is 2. The van der Waals surface area contributed by atoms with E-state index in [-0.39, 0.29) is 0 Å². The van der Waals surface area contributed by atoms with E-state index < -0.39 is 0 Å². The van der Waals surface area contributed by atoms with Crippen LogP contribution in [-0.4, -0.2) is 20.2 Å². The Morgan fingerprint density at radius 1 is 1.00 bits per heavy atom. The number of hydrogen-bond donors (Lipinski definition) is 0. The lowest BCUT2D eigenvalue weighted by molar-refractivity contribution is 0.573. The van der Waals surface area contributed by atoms with Gasteiger partial charge in [0.05, 0.1) is 11.6 Å². The van der Waals surface area contributed by atoms with Gasteiger partial charge in [0.1, 0.15) is 0 Å². The Morgan fingerprint density at radius 2 is 1.80 bits per heavy atom. The normalized spacial score (nSPS) is 10.7. The van der Waals surface area contributed by atoms with Gasteiger partial charge in [-0.3, -0.25) is 0 Å². The summed E-state index contributed by atoms with van der Waals surface area (Å²) in [6, 6.07) is 15.1. The van der Waals surface area contributed by atoms with Crippen molar-refractivity contribution in [1.82, 2.24) is 20.2 Å². The van der Waals surface area contributed by atoms with Crippen molar-refractivity contribution < 1.29 is 0 Å². The summed E-state index contributed by atoms with van der Waals surface area (Å²) in [6.45, 7) is 0.562. The van der Waals surface area contributed by atoms with Crippen molar-refractivity contribution in [1.29, 1.82) is 0 Å².